The van der Waals surface area contributed by atoms with Crippen LogP contribution in [0.25, 0.3) is 0 Å². The van der Waals surface area contributed by atoms with Crippen LogP contribution in [0.1, 0.15) is 53.4 Å². The molecule has 0 aromatic carbocycles. The van der Waals surface area contributed by atoms with Crippen LogP contribution in [0.15, 0.2) is 23.8 Å². The van der Waals surface area contributed by atoms with Crippen molar-refractivity contribution in [2.45, 2.75) is 71.3 Å². The topological polar surface area (TPSA) is 89.9 Å². The largest absolute Gasteiger partial charge is 0.446 e. The zero-order chi connectivity index (χ0) is 24.3. The lowest BCUT2D eigenvalue weighted by Gasteiger charge is -2.60. The molecule has 1 N–H and O–H groups in total. The number of ketones is 1. The van der Waals surface area contributed by atoms with Gasteiger partial charge in [-0.25, -0.2) is 13.6 Å². The number of hydrogen-bond donors (Lipinski definition) is 1. The van der Waals surface area contributed by atoms with Gasteiger partial charge in [-0.15, -0.1) is 0 Å². The van der Waals surface area contributed by atoms with E-state index in [4.69, 9.17) is 9.47 Å². The van der Waals surface area contributed by atoms with Gasteiger partial charge in [-0.2, -0.15) is 0 Å². The molecule has 0 bridgehead atoms. The second-order valence-corrected chi connectivity index (χ2v) is 10.5. The molecule has 0 amide bonds. The molecule has 0 saturated heterocycles. The van der Waals surface area contributed by atoms with Gasteiger partial charge in [0.05, 0.1) is 6.10 Å². The summed E-state index contributed by atoms with van der Waals surface area (Å²) in [6, 6.07) is 0. The van der Waals surface area contributed by atoms with E-state index in [-0.39, 0.29) is 25.0 Å². The summed E-state index contributed by atoms with van der Waals surface area (Å²) >= 11 is 0. The normalized spacial score (nSPS) is 46.0. The number of aliphatic hydroxyl groups excluding tert-OH is 1. The number of rotatable bonds is 4. The number of allylic oxidation sites excluding steroid dienone is 4. The van der Waals surface area contributed by atoms with Crippen molar-refractivity contribution in [3.63, 3.8) is 0 Å². The molecule has 0 heterocycles. The molecule has 4 rings (SSSR count). The van der Waals surface area contributed by atoms with E-state index < -0.39 is 71.2 Å². The number of carbonyl (C=O) groups is 3. The summed E-state index contributed by atoms with van der Waals surface area (Å²) in [5, 5.41) is 11.4. The Hall–Kier alpha value is -2.09. The minimum atomic E-state index is -1.82. The lowest BCUT2D eigenvalue weighted by molar-refractivity contribution is -0.223. The van der Waals surface area contributed by atoms with E-state index in [0.29, 0.717) is 12.0 Å². The predicted molar refractivity (Wildman–Crippen MR) is 114 cm³/mol. The van der Waals surface area contributed by atoms with Gasteiger partial charge in [0.15, 0.2) is 5.78 Å². The highest BCUT2D eigenvalue weighted by Gasteiger charge is 2.75. The van der Waals surface area contributed by atoms with Gasteiger partial charge in [0, 0.05) is 41.4 Å². The van der Waals surface area contributed by atoms with E-state index in [1.54, 1.807) is 26.8 Å². The van der Waals surface area contributed by atoms with Gasteiger partial charge in [0.2, 0.25) is 12.5 Å². The third kappa shape index (κ3) is 3.16. The Morgan fingerprint density at radius 2 is 2.00 bits per heavy atom. The van der Waals surface area contributed by atoms with Crippen molar-refractivity contribution in [1.82, 2.24) is 0 Å². The molecular formula is C25H32F2O6. The summed E-state index contributed by atoms with van der Waals surface area (Å²) in [7, 11) is 0. The molecule has 0 unspecified atom stereocenters. The first kappa shape index (κ1) is 24.0. The molecule has 6 nitrogen and oxygen atoms in total. The number of carbonyl (C=O) groups excluding carboxylic acids is 3. The fourth-order valence-electron chi connectivity index (χ4n) is 7.66. The maximum Gasteiger partial charge on any atom is 0.353 e. The highest BCUT2D eigenvalue weighted by Crippen LogP contribution is 2.69. The standard InChI is InChI=1S/C25H32F2O6/c1-5-19(30)33-25(22(31)32-12-26)13(2)8-16-20-17(27)10-14-9-15(28)6-7-23(14,3)21(20)18(29)11-24(16,25)4/h6-7,9,13,16-18,20-21,29H,5,8,10-12H2,1-4H3/t13-,16-,17+,18-,20+,21-,23-,24-,25+/m0/s1. The minimum absolute atomic E-state index is 0.00349. The lowest BCUT2D eigenvalue weighted by Crippen LogP contribution is -2.65. The van der Waals surface area contributed by atoms with E-state index in [9.17, 15) is 23.9 Å². The zero-order valence-corrected chi connectivity index (χ0v) is 19.5. The number of aliphatic hydroxyl groups is 1. The molecule has 33 heavy (non-hydrogen) atoms. The molecule has 0 aromatic rings. The number of alkyl halides is 2. The van der Waals surface area contributed by atoms with Crippen LogP contribution in [-0.2, 0) is 23.9 Å². The molecule has 9 atom stereocenters. The molecule has 8 heteroatoms. The van der Waals surface area contributed by atoms with Gasteiger partial charge in [0.25, 0.3) is 0 Å². The predicted octanol–water partition coefficient (Wildman–Crippen LogP) is 3.62. The quantitative estimate of drug-likeness (QED) is 0.637. The molecule has 3 fully saturated rings. The van der Waals surface area contributed by atoms with Crippen LogP contribution in [0.4, 0.5) is 8.78 Å². The third-order valence-corrected chi connectivity index (χ3v) is 9.07. The van der Waals surface area contributed by atoms with Crippen molar-refractivity contribution < 1.29 is 37.7 Å². The zero-order valence-electron chi connectivity index (χ0n) is 19.5. The highest BCUT2D eigenvalue weighted by atomic mass is 19.1. The number of halogens is 2. The van der Waals surface area contributed by atoms with E-state index in [0.717, 1.165) is 0 Å². The Bertz CT molecular complexity index is 930. The lowest BCUT2D eigenvalue weighted by atomic mass is 9.46. The van der Waals surface area contributed by atoms with Gasteiger partial charge < -0.3 is 14.6 Å². The number of fused-ring (bicyclic) bond motifs is 5. The Labute approximate surface area is 192 Å². The van der Waals surface area contributed by atoms with E-state index in [2.05, 4.69) is 0 Å². The van der Waals surface area contributed by atoms with Gasteiger partial charge in [-0.1, -0.05) is 39.3 Å². The summed E-state index contributed by atoms with van der Waals surface area (Å²) in [5.74, 6) is -3.96. The Morgan fingerprint density at radius 3 is 2.64 bits per heavy atom. The van der Waals surface area contributed by atoms with Crippen LogP contribution in [-0.4, -0.2) is 47.6 Å². The average Bonchev–Trinajstić information content (AvgIpc) is 2.96. The fraction of sp³-hybridized carbons (Fsp3) is 0.720. The smallest absolute Gasteiger partial charge is 0.353 e. The van der Waals surface area contributed by atoms with Crippen LogP contribution in [0.2, 0.25) is 0 Å². The first-order valence-corrected chi connectivity index (χ1v) is 11.7. The molecular weight excluding hydrogens is 434 g/mol. The SMILES string of the molecule is CCC(=O)O[C@@]1(C(=O)OCF)[C@@H](C)C[C@H]2[C@H]3[C@H]([C@@H](O)C[C@@]21C)[C@@]1(C)C=CC(=O)C=C1C[C@H]3F. The molecule has 3 saturated carbocycles. The molecule has 4 aliphatic rings. The molecule has 182 valence electrons. The van der Waals surface area contributed by atoms with Gasteiger partial charge in [0.1, 0.15) is 6.17 Å². The van der Waals surface area contributed by atoms with Crippen LogP contribution in [0.5, 0.6) is 0 Å². The van der Waals surface area contributed by atoms with Crippen molar-refractivity contribution >= 4 is 17.7 Å². The third-order valence-electron chi connectivity index (χ3n) is 9.07. The van der Waals surface area contributed by atoms with Gasteiger partial charge in [-0.05, 0) is 30.9 Å². The summed E-state index contributed by atoms with van der Waals surface area (Å²) in [5.41, 5.74) is -3.01. The van der Waals surface area contributed by atoms with E-state index in [1.807, 2.05) is 6.92 Å². The van der Waals surface area contributed by atoms with E-state index in [1.165, 1.54) is 12.2 Å². The minimum Gasteiger partial charge on any atom is -0.446 e. The van der Waals surface area contributed by atoms with Crippen LogP contribution >= 0.6 is 0 Å². The molecule has 0 radical (unpaired) electrons. The van der Waals surface area contributed by atoms with Gasteiger partial charge >= 0.3 is 11.9 Å². The maximum atomic E-state index is 15.9. The summed E-state index contributed by atoms with van der Waals surface area (Å²) in [6.45, 7) is 5.59. The highest BCUT2D eigenvalue weighted by molar-refractivity contribution is 6.01. The van der Waals surface area contributed by atoms with Crippen molar-refractivity contribution in [1.29, 1.82) is 0 Å². The first-order chi connectivity index (χ1) is 15.5. The molecule has 0 spiro atoms. The Morgan fingerprint density at radius 1 is 1.30 bits per heavy atom. The number of hydrogen-bond acceptors (Lipinski definition) is 6. The van der Waals surface area contributed by atoms with Crippen molar-refractivity contribution in [2.24, 2.45) is 34.5 Å². The molecule has 0 aromatic heterocycles. The molecule has 0 aliphatic heterocycles. The maximum absolute atomic E-state index is 15.9. The Balaban J connectivity index is 1.83. The fourth-order valence-corrected chi connectivity index (χ4v) is 7.66. The van der Waals surface area contributed by atoms with Crippen LogP contribution in [0.3, 0.4) is 0 Å². The average molecular weight is 467 g/mol. The van der Waals surface area contributed by atoms with Crippen molar-refractivity contribution in [2.75, 3.05) is 6.86 Å². The molecule has 4 aliphatic carbocycles. The first-order valence-electron chi connectivity index (χ1n) is 11.7. The number of esters is 2. The summed E-state index contributed by atoms with van der Waals surface area (Å²) in [4.78, 5) is 37.6. The van der Waals surface area contributed by atoms with E-state index >= 15 is 4.39 Å². The van der Waals surface area contributed by atoms with Crippen LogP contribution < -0.4 is 0 Å². The second kappa shape index (κ2) is 8.00. The van der Waals surface area contributed by atoms with Crippen LogP contribution in [0, 0.1) is 34.5 Å². The van der Waals surface area contributed by atoms with Gasteiger partial charge in [-0.3, -0.25) is 9.59 Å². The van der Waals surface area contributed by atoms with Crippen molar-refractivity contribution in [3.05, 3.63) is 23.8 Å². The second-order valence-electron chi connectivity index (χ2n) is 10.5. The number of ether oxygens (including phenoxy) is 2. The summed E-state index contributed by atoms with van der Waals surface area (Å²) < 4.78 is 39.5. The van der Waals surface area contributed by atoms with Crippen molar-refractivity contribution in [3.8, 4) is 0 Å². The Kier molecular flexibility index (Phi) is 5.83. The summed E-state index contributed by atoms with van der Waals surface area (Å²) in [6.07, 6.45) is 2.77. The monoisotopic (exact) mass is 466 g/mol.